The number of hydrogen-bond donors (Lipinski definition) is 2. The van der Waals surface area contributed by atoms with Crippen LogP contribution in [0.15, 0.2) is 29.3 Å². The zero-order chi connectivity index (χ0) is 22.6. The van der Waals surface area contributed by atoms with Crippen molar-refractivity contribution in [1.29, 1.82) is 0 Å². The maximum Gasteiger partial charge on any atom is 0.414 e. The minimum Gasteiger partial charge on any atom is -0.447 e. The lowest BCUT2D eigenvalue weighted by molar-refractivity contribution is -0.127. The molecule has 9 heteroatoms. The Morgan fingerprint density at radius 3 is 2.50 bits per heavy atom. The Morgan fingerprint density at radius 2 is 1.94 bits per heavy atom. The maximum atomic E-state index is 12.0. The predicted molar refractivity (Wildman–Crippen MR) is 140 cm³/mol. The number of aliphatic imine (C=N–C) groups is 1. The van der Waals surface area contributed by atoms with Crippen molar-refractivity contribution in [3.8, 4) is 0 Å². The number of nitrogens with zero attached hydrogens (tertiary/aromatic N) is 3. The third-order valence-corrected chi connectivity index (χ3v) is 5.44. The first-order valence-electron chi connectivity index (χ1n) is 11.2. The smallest absolute Gasteiger partial charge is 0.414 e. The van der Waals surface area contributed by atoms with E-state index in [1.165, 1.54) is 19.3 Å². The Morgan fingerprint density at radius 1 is 1.22 bits per heavy atom. The third-order valence-electron chi connectivity index (χ3n) is 5.44. The van der Waals surface area contributed by atoms with Gasteiger partial charge >= 0.3 is 6.09 Å². The zero-order valence-electron chi connectivity index (χ0n) is 19.7. The molecule has 180 valence electrons. The number of cyclic esters (lactones) is 1. The summed E-state index contributed by atoms with van der Waals surface area (Å²) in [5, 5.41) is 6.55. The minimum atomic E-state index is -0.305. The number of anilines is 1. The molecule has 1 aromatic carbocycles. The van der Waals surface area contributed by atoms with Gasteiger partial charge in [-0.25, -0.2) is 9.79 Å². The molecule has 1 saturated heterocycles. The number of halogens is 1. The molecule has 0 radical (unpaired) electrons. The van der Waals surface area contributed by atoms with Gasteiger partial charge in [0.1, 0.15) is 6.61 Å². The highest BCUT2D eigenvalue weighted by molar-refractivity contribution is 14.0. The van der Waals surface area contributed by atoms with Crippen LogP contribution in [0.25, 0.3) is 0 Å². The number of rotatable bonds is 11. The second-order valence-corrected chi connectivity index (χ2v) is 8.04. The van der Waals surface area contributed by atoms with E-state index < -0.39 is 0 Å². The fourth-order valence-corrected chi connectivity index (χ4v) is 3.26. The number of likely N-dealkylation sites (N-methyl/N-ethyl adjacent to an activating group) is 1. The van der Waals surface area contributed by atoms with Crippen LogP contribution in [0.3, 0.4) is 0 Å². The number of unbranched alkanes of at least 4 members (excludes halogenated alkanes) is 1. The molecule has 2 N–H and O–H groups in total. The quantitative estimate of drug-likeness (QED) is 0.246. The Balaban J connectivity index is 0.00000512. The molecule has 0 bridgehead atoms. The van der Waals surface area contributed by atoms with Gasteiger partial charge in [-0.3, -0.25) is 9.69 Å². The van der Waals surface area contributed by atoms with Gasteiger partial charge in [0.25, 0.3) is 0 Å². The molecule has 1 aliphatic rings. The van der Waals surface area contributed by atoms with Crippen molar-refractivity contribution in [3.05, 3.63) is 29.8 Å². The number of amides is 2. The van der Waals surface area contributed by atoms with Gasteiger partial charge in [-0.1, -0.05) is 45.2 Å². The van der Waals surface area contributed by atoms with E-state index in [-0.39, 0.29) is 42.5 Å². The van der Waals surface area contributed by atoms with Gasteiger partial charge in [-0.2, -0.15) is 0 Å². The van der Waals surface area contributed by atoms with Gasteiger partial charge in [0.05, 0.1) is 19.6 Å². The van der Waals surface area contributed by atoms with E-state index in [1.807, 2.05) is 24.3 Å². The molecule has 1 aliphatic heterocycles. The largest absolute Gasteiger partial charge is 0.447 e. The van der Waals surface area contributed by atoms with E-state index in [2.05, 4.69) is 29.5 Å². The summed E-state index contributed by atoms with van der Waals surface area (Å²) in [6.45, 7) is 6.91. The topological polar surface area (TPSA) is 86.3 Å². The Hall–Kier alpha value is -2.04. The van der Waals surface area contributed by atoms with E-state index in [9.17, 15) is 9.59 Å². The lowest BCUT2D eigenvalue weighted by atomic mass is 9.99. The zero-order valence-corrected chi connectivity index (χ0v) is 22.1. The number of nitrogens with one attached hydrogen (secondary N) is 2. The molecule has 1 atom stereocenters. The molecule has 32 heavy (non-hydrogen) atoms. The van der Waals surface area contributed by atoms with Crippen LogP contribution >= 0.6 is 24.0 Å². The van der Waals surface area contributed by atoms with E-state index in [0.717, 1.165) is 24.2 Å². The molecule has 1 heterocycles. The fraction of sp³-hybridized carbons (Fsp3) is 0.609. The molecule has 0 saturated carbocycles. The van der Waals surface area contributed by atoms with Crippen LogP contribution < -0.4 is 15.5 Å². The van der Waals surface area contributed by atoms with Crippen molar-refractivity contribution in [1.82, 2.24) is 15.5 Å². The van der Waals surface area contributed by atoms with Crippen LogP contribution in [0.2, 0.25) is 0 Å². The highest BCUT2D eigenvalue weighted by Gasteiger charge is 2.23. The summed E-state index contributed by atoms with van der Waals surface area (Å²) < 4.78 is 4.99. The molecular weight excluding hydrogens is 521 g/mol. The highest BCUT2D eigenvalue weighted by atomic mass is 127. The Labute approximate surface area is 209 Å². The Bertz CT molecular complexity index is 740. The van der Waals surface area contributed by atoms with Crippen LogP contribution in [0.4, 0.5) is 10.5 Å². The van der Waals surface area contributed by atoms with Crippen LogP contribution in [0, 0.1) is 5.92 Å². The van der Waals surface area contributed by atoms with Gasteiger partial charge in [0.15, 0.2) is 5.96 Å². The summed E-state index contributed by atoms with van der Waals surface area (Å²) in [6, 6.07) is 7.74. The van der Waals surface area contributed by atoms with Crippen LogP contribution in [0.1, 0.15) is 45.1 Å². The van der Waals surface area contributed by atoms with Gasteiger partial charge < -0.3 is 20.3 Å². The highest BCUT2D eigenvalue weighted by Crippen LogP contribution is 2.19. The van der Waals surface area contributed by atoms with E-state index in [0.29, 0.717) is 31.6 Å². The third kappa shape index (κ3) is 9.22. The van der Waals surface area contributed by atoms with Crippen LogP contribution in [0.5, 0.6) is 0 Å². The predicted octanol–water partition coefficient (Wildman–Crippen LogP) is 3.60. The summed E-state index contributed by atoms with van der Waals surface area (Å²) >= 11 is 0. The van der Waals surface area contributed by atoms with Crippen molar-refractivity contribution in [2.75, 3.05) is 45.2 Å². The molecule has 1 fully saturated rings. The van der Waals surface area contributed by atoms with E-state index >= 15 is 0 Å². The lowest BCUT2D eigenvalue weighted by Crippen LogP contribution is -2.44. The second-order valence-electron chi connectivity index (χ2n) is 8.04. The molecule has 2 amide bonds. The summed E-state index contributed by atoms with van der Waals surface area (Å²) in [5.74, 6) is 1.21. The Kier molecular flexibility index (Phi) is 13.0. The van der Waals surface area contributed by atoms with Crippen LogP contribution in [-0.4, -0.2) is 63.2 Å². The summed E-state index contributed by atoms with van der Waals surface area (Å²) in [6.07, 6.45) is 4.40. The molecule has 0 aromatic heterocycles. The van der Waals surface area contributed by atoms with Crippen molar-refractivity contribution in [2.45, 2.75) is 46.1 Å². The number of carbonyl (C=O) groups is 2. The molecule has 0 aliphatic carbocycles. The molecule has 1 aromatic rings. The molecule has 2 rings (SSSR count). The second kappa shape index (κ2) is 14.9. The van der Waals surface area contributed by atoms with Gasteiger partial charge in [0.2, 0.25) is 5.91 Å². The van der Waals surface area contributed by atoms with E-state index in [4.69, 9.17) is 4.74 Å². The number of benzene rings is 1. The summed E-state index contributed by atoms with van der Waals surface area (Å²) in [7, 11) is 3.48. The van der Waals surface area contributed by atoms with Crippen molar-refractivity contribution >= 4 is 47.6 Å². The molecule has 0 spiro atoms. The standard InChI is InChI=1S/C23H37N5O3.HI/c1-5-7-8-18(6-2)15-24-22(26-17-21(29)27(3)4)25-16-19-9-11-20(12-10-19)28-13-14-31-23(28)30;/h9-12,18H,5-8,13-17H2,1-4H3,(H2,24,25,26);1H. The number of hydrogen-bond acceptors (Lipinski definition) is 4. The normalized spacial score (nSPS) is 14.4. The first-order chi connectivity index (χ1) is 14.9. The number of guanidine groups is 1. The number of carbonyl (C=O) groups excluding carboxylic acids is 2. The van der Waals surface area contributed by atoms with Gasteiger partial charge in [-0.05, 0) is 30.0 Å². The fourth-order valence-electron chi connectivity index (χ4n) is 3.26. The van der Waals surface area contributed by atoms with E-state index in [1.54, 1.807) is 23.9 Å². The number of ether oxygens (including phenoxy) is 1. The monoisotopic (exact) mass is 559 g/mol. The average molecular weight is 559 g/mol. The van der Waals surface area contributed by atoms with Gasteiger partial charge in [-0.15, -0.1) is 24.0 Å². The maximum absolute atomic E-state index is 12.0. The van der Waals surface area contributed by atoms with Crippen molar-refractivity contribution in [3.63, 3.8) is 0 Å². The molecule has 1 unspecified atom stereocenters. The summed E-state index contributed by atoms with van der Waals surface area (Å²) in [5.41, 5.74) is 1.85. The average Bonchev–Trinajstić information content (AvgIpc) is 3.20. The minimum absolute atomic E-state index is 0. The first-order valence-corrected chi connectivity index (χ1v) is 11.2. The SMILES string of the molecule is CCCCC(CC)CNC(=NCc1ccc(N2CCOC2=O)cc1)NCC(=O)N(C)C.I. The van der Waals surface area contributed by atoms with Crippen LogP contribution in [-0.2, 0) is 16.1 Å². The lowest BCUT2D eigenvalue weighted by Gasteiger charge is -2.19. The molecular formula is C23H38IN5O3. The van der Waals surface area contributed by atoms with Crippen molar-refractivity contribution < 1.29 is 14.3 Å². The summed E-state index contributed by atoms with van der Waals surface area (Å²) in [4.78, 5) is 31.5. The van der Waals surface area contributed by atoms with Crippen molar-refractivity contribution in [2.24, 2.45) is 10.9 Å². The van der Waals surface area contributed by atoms with Gasteiger partial charge in [0, 0.05) is 26.3 Å². The first kappa shape index (κ1) is 28.0. The molecule has 8 nitrogen and oxygen atoms in total.